The Morgan fingerprint density at radius 3 is 2.68 bits per heavy atom. The van der Waals surface area contributed by atoms with Gasteiger partial charge in [-0.15, -0.1) is 0 Å². The molecule has 0 amide bonds. The van der Waals surface area contributed by atoms with Crippen LogP contribution in [0, 0.1) is 11.3 Å². The smallest absolute Gasteiger partial charge is 0.0785 e. The van der Waals surface area contributed by atoms with Crippen LogP contribution in [0.5, 0.6) is 0 Å². The summed E-state index contributed by atoms with van der Waals surface area (Å²) in [7, 11) is 0. The zero-order valence-corrected chi connectivity index (χ0v) is 14.8. The van der Waals surface area contributed by atoms with Crippen molar-refractivity contribution in [2.45, 2.75) is 60.0 Å². The molecule has 0 aromatic carbocycles. The van der Waals surface area contributed by atoms with Crippen molar-refractivity contribution in [1.82, 2.24) is 19.6 Å². The minimum atomic E-state index is 0.198. The molecule has 22 heavy (non-hydrogen) atoms. The Balaban J connectivity index is 1.78. The molecule has 122 valence electrons. The van der Waals surface area contributed by atoms with Crippen LogP contribution < -0.4 is 0 Å². The lowest BCUT2D eigenvalue weighted by atomic mass is 9.88. The van der Waals surface area contributed by atoms with E-state index in [0.29, 0.717) is 10.9 Å². The monoisotopic (exact) mass is 322 g/mol. The lowest BCUT2D eigenvalue weighted by Crippen LogP contribution is -2.20. The summed E-state index contributed by atoms with van der Waals surface area (Å²) in [4.78, 5) is 0. The number of aromatic nitrogens is 4. The van der Waals surface area contributed by atoms with Crippen LogP contribution in [0.4, 0.5) is 0 Å². The van der Waals surface area contributed by atoms with E-state index >= 15 is 0 Å². The van der Waals surface area contributed by atoms with Gasteiger partial charge in [0, 0.05) is 25.5 Å². The number of aryl methyl sites for hydroxylation is 1. The van der Waals surface area contributed by atoms with E-state index in [9.17, 15) is 0 Å². The van der Waals surface area contributed by atoms with Gasteiger partial charge < -0.3 is 0 Å². The molecule has 0 saturated heterocycles. The number of halogens is 1. The van der Waals surface area contributed by atoms with E-state index in [1.54, 1.807) is 6.20 Å². The molecular weight excluding hydrogens is 296 g/mol. The van der Waals surface area contributed by atoms with Crippen molar-refractivity contribution < 1.29 is 0 Å². The maximum Gasteiger partial charge on any atom is 0.0785 e. The summed E-state index contributed by atoms with van der Waals surface area (Å²) < 4.78 is 4.00. The van der Waals surface area contributed by atoms with Crippen LogP contribution >= 0.6 is 11.6 Å². The maximum absolute atomic E-state index is 5.92. The van der Waals surface area contributed by atoms with Gasteiger partial charge in [-0.25, -0.2) is 0 Å². The predicted molar refractivity (Wildman–Crippen MR) is 91.0 cm³/mol. The van der Waals surface area contributed by atoms with Crippen molar-refractivity contribution >= 4 is 11.6 Å². The molecule has 0 spiro atoms. The first kappa shape index (κ1) is 17.1. The van der Waals surface area contributed by atoms with Gasteiger partial charge in [0.15, 0.2) is 0 Å². The third-order valence-corrected chi connectivity index (χ3v) is 3.94. The molecule has 2 aromatic rings. The Bertz CT molecular complexity index is 583. The largest absolute Gasteiger partial charge is 0.272 e. The highest BCUT2D eigenvalue weighted by Crippen LogP contribution is 2.25. The average molecular weight is 323 g/mol. The van der Waals surface area contributed by atoms with E-state index in [4.69, 9.17) is 11.6 Å². The van der Waals surface area contributed by atoms with E-state index in [1.807, 2.05) is 10.9 Å². The Hall–Kier alpha value is -1.29. The fourth-order valence-corrected chi connectivity index (χ4v) is 2.87. The van der Waals surface area contributed by atoms with Crippen LogP contribution in [0.2, 0.25) is 5.02 Å². The molecule has 0 saturated carbocycles. The Labute approximate surface area is 138 Å². The van der Waals surface area contributed by atoms with Gasteiger partial charge in [-0.1, -0.05) is 39.3 Å². The second-order valence-corrected chi connectivity index (χ2v) is 7.73. The van der Waals surface area contributed by atoms with Gasteiger partial charge in [-0.05, 0) is 36.7 Å². The van der Waals surface area contributed by atoms with E-state index < -0.39 is 0 Å². The first-order valence-electron chi connectivity index (χ1n) is 8.04. The molecule has 0 radical (unpaired) electrons. The standard InChI is InChI=1S/C17H27ClN4/c1-14(2)10-16-6-9-21(20-16)8-5-7-17(3,4)13-22-12-15(18)11-19-22/h6,9,11-12,14H,5,7-8,10,13H2,1-4H3. The van der Waals surface area contributed by atoms with Gasteiger partial charge in [-0.2, -0.15) is 10.2 Å². The highest BCUT2D eigenvalue weighted by molar-refractivity contribution is 6.30. The molecule has 0 N–H and O–H groups in total. The molecule has 0 atom stereocenters. The number of hydrogen-bond acceptors (Lipinski definition) is 2. The molecule has 0 aliphatic carbocycles. The van der Waals surface area contributed by atoms with Gasteiger partial charge in [0.1, 0.15) is 0 Å². The van der Waals surface area contributed by atoms with E-state index in [1.165, 1.54) is 5.69 Å². The topological polar surface area (TPSA) is 35.6 Å². The Kier molecular flexibility index (Phi) is 5.68. The molecule has 0 fully saturated rings. The first-order chi connectivity index (χ1) is 10.3. The molecule has 0 aliphatic rings. The first-order valence-corrected chi connectivity index (χ1v) is 8.42. The average Bonchev–Trinajstić information content (AvgIpc) is 2.97. The van der Waals surface area contributed by atoms with E-state index in [-0.39, 0.29) is 5.41 Å². The summed E-state index contributed by atoms with van der Waals surface area (Å²) >= 11 is 5.92. The lowest BCUT2D eigenvalue weighted by Gasteiger charge is -2.24. The summed E-state index contributed by atoms with van der Waals surface area (Å²) in [6, 6.07) is 2.14. The second-order valence-electron chi connectivity index (χ2n) is 7.29. The normalized spacial score (nSPS) is 12.3. The highest BCUT2D eigenvalue weighted by Gasteiger charge is 2.19. The zero-order chi connectivity index (χ0) is 16.2. The predicted octanol–water partition coefficient (Wildman–Crippen LogP) is 4.44. The van der Waals surface area contributed by atoms with Crippen molar-refractivity contribution in [3.63, 3.8) is 0 Å². The van der Waals surface area contributed by atoms with Gasteiger partial charge >= 0.3 is 0 Å². The van der Waals surface area contributed by atoms with Gasteiger partial charge in [0.2, 0.25) is 0 Å². The summed E-state index contributed by atoms with van der Waals surface area (Å²) in [6.07, 6.45) is 8.97. The molecule has 0 aliphatic heterocycles. The van der Waals surface area contributed by atoms with Crippen LogP contribution in [-0.4, -0.2) is 19.6 Å². The van der Waals surface area contributed by atoms with Crippen LogP contribution in [0.1, 0.15) is 46.2 Å². The van der Waals surface area contributed by atoms with Gasteiger partial charge in [0.25, 0.3) is 0 Å². The zero-order valence-electron chi connectivity index (χ0n) is 14.1. The van der Waals surface area contributed by atoms with Crippen molar-refractivity contribution in [3.8, 4) is 0 Å². The summed E-state index contributed by atoms with van der Waals surface area (Å²) in [5.74, 6) is 0.656. The van der Waals surface area contributed by atoms with Crippen LogP contribution in [-0.2, 0) is 19.5 Å². The van der Waals surface area contributed by atoms with Gasteiger partial charge in [0.05, 0.1) is 16.9 Å². The number of rotatable bonds is 8. The van der Waals surface area contributed by atoms with Gasteiger partial charge in [-0.3, -0.25) is 9.36 Å². The third-order valence-electron chi connectivity index (χ3n) is 3.75. The molecule has 2 rings (SSSR count). The minimum absolute atomic E-state index is 0.198. The fraction of sp³-hybridized carbons (Fsp3) is 0.647. The Morgan fingerprint density at radius 2 is 2.05 bits per heavy atom. The molecule has 2 heterocycles. The fourth-order valence-electron chi connectivity index (χ4n) is 2.72. The second kappa shape index (κ2) is 7.32. The van der Waals surface area contributed by atoms with E-state index in [2.05, 4.69) is 54.8 Å². The van der Waals surface area contributed by atoms with E-state index in [0.717, 1.165) is 32.4 Å². The van der Waals surface area contributed by atoms with Crippen LogP contribution in [0.25, 0.3) is 0 Å². The minimum Gasteiger partial charge on any atom is -0.272 e. The van der Waals surface area contributed by atoms with Crippen molar-refractivity contribution in [2.75, 3.05) is 0 Å². The summed E-state index contributed by atoms with van der Waals surface area (Å²) in [6.45, 7) is 10.9. The highest BCUT2D eigenvalue weighted by atomic mass is 35.5. The SMILES string of the molecule is CC(C)Cc1ccn(CCCC(C)(C)Cn2cc(Cl)cn2)n1. The van der Waals surface area contributed by atoms with Crippen LogP contribution in [0.15, 0.2) is 24.7 Å². The number of hydrogen-bond donors (Lipinski definition) is 0. The molecule has 2 aromatic heterocycles. The Morgan fingerprint density at radius 1 is 1.27 bits per heavy atom. The summed E-state index contributed by atoms with van der Waals surface area (Å²) in [5.41, 5.74) is 1.39. The molecular formula is C17H27ClN4. The van der Waals surface area contributed by atoms with Crippen molar-refractivity contribution in [1.29, 1.82) is 0 Å². The molecule has 4 nitrogen and oxygen atoms in total. The number of nitrogens with zero attached hydrogens (tertiary/aromatic N) is 4. The summed E-state index contributed by atoms with van der Waals surface area (Å²) in [5, 5.41) is 9.60. The van der Waals surface area contributed by atoms with Crippen molar-refractivity contribution in [3.05, 3.63) is 35.4 Å². The van der Waals surface area contributed by atoms with Crippen LogP contribution in [0.3, 0.4) is 0 Å². The van der Waals surface area contributed by atoms with Crippen molar-refractivity contribution in [2.24, 2.45) is 11.3 Å². The quantitative estimate of drug-likeness (QED) is 0.720. The maximum atomic E-state index is 5.92. The lowest BCUT2D eigenvalue weighted by molar-refractivity contribution is 0.255. The third kappa shape index (κ3) is 5.48. The molecule has 0 bridgehead atoms. The molecule has 0 unspecified atom stereocenters. The molecule has 5 heteroatoms.